The number of halogens is 2. The first kappa shape index (κ1) is 19.5. The molecule has 0 aliphatic rings. The lowest BCUT2D eigenvalue weighted by atomic mass is 10.1. The molecule has 4 nitrogen and oxygen atoms in total. The zero-order valence-electron chi connectivity index (χ0n) is 14.2. The summed E-state index contributed by atoms with van der Waals surface area (Å²) in [6, 6.07) is 15.7. The number of phenolic OH excluding ortho intramolecular Hbond substituents is 1. The Morgan fingerprint density at radius 3 is 2.56 bits per heavy atom. The predicted octanol–water partition coefficient (Wildman–Crippen LogP) is 5.85. The molecule has 0 bridgehead atoms. The fraction of sp³-hybridized carbons (Fsp3) is 0.100. The Bertz CT molecular complexity index is 967. The van der Waals surface area contributed by atoms with Crippen molar-refractivity contribution in [2.24, 2.45) is 0 Å². The van der Waals surface area contributed by atoms with Gasteiger partial charge in [0.1, 0.15) is 0 Å². The smallest absolute Gasteiger partial charge is 0.233 e. The molecule has 3 aromatic rings. The Morgan fingerprint density at radius 2 is 1.89 bits per heavy atom. The van der Waals surface area contributed by atoms with E-state index in [1.165, 1.54) is 12.3 Å². The van der Waals surface area contributed by atoms with Gasteiger partial charge in [0.2, 0.25) is 5.12 Å². The lowest BCUT2D eigenvalue weighted by molar-refractivity contribution is -0.116. The molecule has 0 aliphatic heterocycles. The van der Waals surface area contributed by atoms with Crippen molar-refractivity contribution >= 4 is 40.1 Å². The topological polar surface area (TPSA) is 59.4 Å². The molecule has 1 heterocycles. The van der Waals surface area contributed by atoms with E-state index in [0.29, 0.717) is 21.3 Å². The number of carbonyl (C=O) groups is 1. The van der Waals surface area contributed by atoms with E-state index >= 15 is 0 Å². The SMILES string of the molecule is CC(Oc1ccc(-c2ncc(Cl)cc2Cl)cc1O)C(=O)Sc1ccccc1. The number of carbonyl (C=O) groups excluding carboxylic acids is 1. The predicted molar refractivity (Wildman–Crippen MR) is 109 cm³/mol. The first-order valence-electron chi connectivity index (χ1n) is 8.02. The molecule has 3 rings (SSSR count). The number of thioether (sulfide) groups is 1. The minimum atomic E-state index is -0.732. The first-order valence-corrected chi connectivity index (χ1v) is 9.59. The summed E-state index contributed by atoms with van der Waals surface area (Å²) in [6.07, 6.45) is 0.746. The Hall–Kier alpha value is -2.21. The number of benzene rings is 2. The van der Waals surface area contributed by atoms with E-state index in [9.17, 15) is 9.90 Å². The number of pyridine rings is 1. The van der Waals surface area contributed by atoms with Crippen LogP contribution >= 0.6 is 35.0 Å². The molecule has 0 aliphatic carbocycles. The van der Waals surface area contributed by atoms with Crippen molar-refractivity contribution in [2.75, 3.05) is 0 Å². The number of nitrogens with zero attached hydrogens (tertiary/aromatic N) is 1. The number of hydrogen-bond acceptors (Lipinski definition) is 5. The lowest BCUT2D eigenvalue weighted by Crippen LogP contribution is -2.20. The van der Waals surface area contributed by atoms with E-state index in [2.05, 4.69) is 4.98 Å². The molecule has 0 radical (unpaired) electrons. The van der Waals surface area contributed by atoms with Crippen LogP contribution in [0.4, 0.5) is 0 Å². The summed E-state index contributed by atoms with van der Waals surface area (Å²) in [7, 11) is 0. The summed E-state index contributed by atoms with van der Waals surface area (Å²) in [5.41, 5.74) is 1.10. The van der Waals surface area contributed by atoms with Gasteiger partial charge in [-0.1, -0.05) is 41.4 Å². The average molecular weight is 420 g/mol. The highest BCUT2D eigenvalue weighted by Crippen LogP contribution is 2.35. The second-order valence-corrected chi connectivity index (χ2v) is 7.58. The van der Waals surface area contributed by atoms with Gasteiger partial charge in [0.15, 0.2) is 17.6 Å². The quantitative estimate of drug-likeness (QED) is 0.525. The van der Waals surface area contributed by atoms with Gasteiger partial charge >= 0.3 is 0 Å². The molecule has 2 aromatic carbocycles. The van der Waals surface area contributed by atoms with E-state index < -0.39 is 6.10 Å². The van der Waals surface area contributed by atoms with Crippen LogP contribution in [0.1, 0.15) is 6.92 Å². The van der Waals surface area contributed by atoms with Crippen LogP contribution in [0.5, 0.6) is 11.5 Å². The molecule has 7 heteroatoms. The van der Waals surface area contributed by atoms with Crippen molar-refractivity contribution in [3.63, 3.8) is 0 Å². The van der Waals surface area contributed by atoms with E-state index in [1.807, 2.05) is 30.3 Å². The number of phenols is 1. The Labute approximate surface area is 171 Å². The molecular weight excluding hydrogens is 405 g/mol. The van der Waals surface area contributed by atoms with Crippen molar-refractivity contribution in [2.45, 2.75) is 17.9 Å². The molecule has 1 aromatic heterocycles. The molecular formula is C20H15Cl2NO3S. The summed E-state index contributed by atoms with van der Waals surface area (Å²) in [5, 5.41) is 10.9. The van der Waals surface area contributed by atoms with E-state index in [1.54, 1.807) is 25.1 Å². The maximum atomic E-state index is 12.3. The molecule has 138 valence electrons. The summed E-state index contributed by atoms with van der Waals surface area (Å²) in [4.78, 5) is 17.3. The molecule has 0 amide bonds. The normalized spacial score (nSPS) is 11.8. The van der Waals surface area contributed by atoms with E-state index in [4.69, 9.17) is 27.9 Å². The summed E-state index contributed by atoms with van der Waals surface area (Å²) in [5.74, 6) is 0.100. The maximum Gasteiger partial charge on any atom is 0.233 e. The maximum absolute atomic E-state index is 12.3. The zero-order chi connectivity index (χ0) is 19.4. The fourth-order valence-electron chi connectivity index (χ4n) is 2.32. The molecule has 0 spiro atoms. The van der Waals surface area contributed by atoms with Crippen LogP contribution in [0.15, 0.2) is 65.7 Å². The molecule has 1 N–H and O–H groups in total. The number of hydrogen-bond donors (Lipinski definition) is 1. The van der Waals surface area contributed by atoms with Crippen LogP contribution < -0.4 is 4.74 Å². The molecule has 27 heavy (non-hydrogen) atoms. The third-order valence-electron chi connectivity index (χ3n) is 3.64. The van der Waals surface area contributed by atoms with Crippen molar-refractivity contribution in [3.8, 4) is 22.8 Å². The third-order valence-corrected chi connectivity index (χ3v) is 5.17. The Balaban J connectivity index is 1.73. The van der Waals surface area contributed by atoms with Gasteiger partial charge in [0, 0.05) is 16.7 Å². The van der Waals surface area contributed by atoms with Crippen molar-refractivity contribution in [3.05, 3.63) is 70.8 Å². The van der Waals surface area contributed by atoms with Crippen molar-refractivity contribution in [1.82, 2.24) is 4.98 Å². The highest BCUT2D eigenvalue weighted by molar-refractivity contribution is 8.13. The van der Waals surface area contributed by atoms with Crippen LogP contribution in [0.2, 0.25) is 10.0 Å². The third kappa shape index (κ3) is 4.95. The fourth-order valence-corrected chi connectivity index (χ4v) is 3.55. The minimum Gasteiger partial charge on any atom is -0.504 e. The summed E-state index contributed by atoms with van der Waals surface area (Å²) >= 11 is 13.1. The summed E-state index contributed by atoms with van der Waals surface area (Å²) < 4.78 is 5.62. The molecule has 1 unspecified atom stereocenters. The Kier molecular flexibility index (Phi) is 6.26. The van der Waals surface area contributed by atoms with E-state index in [-0.39, 0.29) is 16.6 Å². The minimum absolute atomic E-state index is 0.107. The lowest BCUT2D eigenvalue weighted by Gasteiger charge is -2.15. The van der Waals surface area contributed by atoms with Gasteiger partial charge in [-0.05, 0) is 55.1 Å². The number of rotatable bonds is 5. The van der Waals surface area contributed by atoms with Crippen molar-refractivity contribution in [1.29, 1.82) is 0 Å². The van der Waals surface area contributed by atoms with Gasteiger partial charge in [0.25, 0.3) is 0 Å². The van der Waals surface area contributed by atoms with Crippen LogP contribution in [0.25, 0.3) is 11.3 Å². The van der Waals surface area contributed by atoms with Gasteiger partial charge in [-0.25, -0.2) is 0 Å². The standard InChI is InChI=1S/C20H15Cl2NO3S/c1-12(20(25)27-15-5-3-2-4-6-15)26-18-8-7-13(9-17(18)24)19-16(22)10-14(21)11-23-19/h2-12,24H,1H3. The van der Waals surface area contributed by atoms with Gasteiger partial charge < -0.3 is 9.84 Å². The zero-order valence-corrected chi connectivity index (χ0v) is 16.6. The largest absolute Gasteiger partial charge is 0.504 e. The van der Waals surface area contributed by atoms with Crippen LogP contribution in [0.3, 0.4) is 0 Å². The number of aromatic nitrogens is 1. The average Bonchev–Trinajstić information content (AvgIpc) is 2.64. The van der Waals surface area contributed by atoms with Crippen LogP contribution in [-0.2, 0) is 4.79 Å². The summed E-state index contributed by atoms with van der Waals surface area (Å²) in [6.45, 7) is 1.64. The van der Waals surface area contributed by atoms with Crippen LogP contribution in [0, 0.1) is 0 Å². The molecule has 1 atom stereocenters. The van der Waals surface area contributed by atoms with Crippen molar-refractivity contribution < 1.29 is 14.6 Å². The highest BCUT2D eigenvalue weighted by atomic mass is 35.5. The van der Waals surface area contributed by atoms with Gasteiger partial charge in [-0.15, -0.1) is 0 Å². The van der Waals surface area contributed by atoms with E-state index in [0.717, 1.165) is 16.7 Å². The Morgan fingerprint density at radius 1 is 1.15 bits per heavy atom. The van der Waals surface area contributed by atoms with Gasteiger partial charge in [-0.2, -0.15) is 0 Å². The second kappa shape index (κ2) is 8.65. The molecule has 0 saturated heterocycles. The highest BCUT2D eigenvalue weighted by Gasteiger charge is 2.18. The second-order valence-electron chi connectivity index (χ2n) is 5.66. The van der Waals surface area contributed by atoms with Crippen LogP contribution in [-0.4, -0.2) is 21.3 Å². The number of ether oxygens (including phenoxy) is 1. The molecule has 0 saturated carbocycles. The first-order chi connectivity index (χ1) is 12.9. The molecule has 0 fully saturated rings. The van der Waals surface area contributed by atoms with Gasteiger partial charge in [0.05, 0.1) is 15.7 Å². The number of aromatic hydroxyl groups is 1. The van der Waals surface area contributed by atoms with Gasteiger partial charge in [-0.3, -0.25) is 9.78 Å². The monoisotopic (exact) mass is 419 g/mol.